The van der Waals surface area contributed by atoms with Gasteiger partial charge in [-0.2, -0.15) is 13.2 Å². The number of pyridine rings is 1. The molecule has 1 aromatic carbocycles. The van der Waals surface area contributed by atoms with Crippen molar-refractivity contribution in [2.24, 2.45) is 4.99 Å². The van der Waals surface area contributed by atoms with E-state index in [1.807, 2.05) is 32.0 Å². The first-order valence-electron chi connectivity index (χ1n) is 9.00. The molecule has 29 heavy (non-hydrogen) atoms. The lowest BCUT2D eigenvalue weighted by Crippen LogP contribution is -2.37. The topological polar surface area (TPSA) is 58.5 Å². The van der Waals surface area contributed by atoms with Crippen LogP contribution in [0.3, 0.4) is 0 Å². The van der Waals surface area contributed by atoms with Crippen LogP contribution >= 0.6 is 24.0 Å². The van der Waals surface area contributed by atoms with Gasteiger partial charge in [0.25, 0.3) is 0 Å². The zero-order chi connectivity index (χ0) is 20.6. The number of nitrogens with one attached hydrogen (secondary N) is 2. The van der Waals surface area contributed by atoms with Gasteiger partial charge in [0.2, 0.25) is 0 Å². The highest BCUT2D eigenvalue weighted by Crippen LogP contribution is 2.24. The number of aromatic nitrogens is 1. The number of hydrogen-bond donors (Lipinski definition) is 2. The van der Waals surface area contributed by atoms with Crippen molar-refractivity contribution in [1.82, 2.24) is 15.6 Å². The molecule has 9 heteroatoms. The van der Waals surface area contributed by atoms with Crippen LogP contribution in [-0.2, 0) is 13.1 Å². The fraction of sp³-hybridized carbons (Fsp3) is 0.400. The lowest BCUT2D eigenvalue weighted by Gasteiger charge is -2.15. The molecule has 160 valence electrons. The van der Waals surface area contributed by atoms with Crippen molar-refractivity contribution in [3.8, 4) is 5.75 Å². The summed E-state index contributed by atoms with van der Waals surface area (Å²) in [7, 11) is 0. The van der Waals surface area contributed by atoms with Gasteiger partial charge >= 0.3 is 6.18 Å². The van der Waals surface area contributed by atoms with E-state index in [1.54, 1.807) is 25.3 Å². The van der Waals surface area contributed by atoms with Crippen LogP contribution in [0.1, 0.15) is 29.3 Å². The molecule has 2 N–H and O–H groups in total. The van der Waals surface area contributed by atoms with E-state index in [0.29, 0.717) is 24.6 Å². The van der Waals surface area contributed by atoms with Crippen LogP contribution in [0.4, 0.5) is 13.2 Å². The van der Waals surface area contributed by atoms with Gasteiger partial charge in [-0.3, -0.25) is 4.98 Å². The lowest BCUT2D eigenvalue weighted by molar-refractivity contribution is -0.153. The second-order valence-electron chi connectivity index (χ2n) is 6.33. The smallest absolute Gasteiger partial charge is 0.422 e. The van der Waals surface area contributed by atoms with Gasteiger partial charge in [0.15, 0.2) is 12.6 Å². The van der Waals surface area contributed by atoms with Gasteiger partial charge in [0.05, 0.1) is 18.8 Å². The van der Waals surface area contributed by atoms with E-state index in [2.05, 4.69) is 20.6 Å². The van der Waals surface area contributed by atoms with Crippen molar-refractivity contribution >= 4 is 29.9 Å². The Kier molecular flexibility index (Phi) is 10.2. The van der Waals surface area contributed by atoms with E-state index >= 15 is 0 Å². The Labute approximate surface area is 186 Å². The SMILES string of the molecule is CCNC(=NCc1ccc(C)cc1OCC(F)(F)F)NCc1ncccc1C.I. The van der Waals surface area contributed by atoms with Crippen LogP contribution in [0.15, 0.2) is 41.5 Å². The van der Waals surface area contributed by atoms with E-state index in [1.165, 1.54) is 0 Å². The van der Waals surface area contributed by atoms with Gasteiger partial charge in [0, 0.05) is 18.3 Å². The molecule has 1 heterocycles. The molecule has 2 rings (SSSR count). The highest BCUT2D eigenvalue weighted by atomic mass is 127. The van der Waals surface area contributed by atoms with Crippen LogP contribution in [0, 0.1) is 13.8 Å². The summed E-state index contributed by atoms with van der Waals surface area (Å²) in [5.74, 6) is 0.743. The number of rotatable bonds is 7. The van der Waals surface area contributed by atoms with Crippen LogP contribution in [0.2, 0.25) is 0 Å². The molecular formula is C20H26F3IN4O. The zero-order valence-electron chi connectivity index (χ0n) is 16.6. The average Bonchev–Trinajstić information content (AvgIpc) is 2.64. The number of aryl methyl sites for hydroxylation is 2. The highest BCUT2D eigenvalue weighted by Gasteiger charge is 2.28. The molecule has 2 aromatic rings. The molecule has 0 radical (unpaired) electrons. The summed E-state index contributed by atoms with van der Waals surface area (Å²) < 4.78 is 42.5. The molecule has 0 aliphatic rings. The first-order chi connectivity index (χ1) is 13.3. The Morgan fingerprint density at radius 3 is 2.59 bits per heavy atom. The molecule has 0 saturated heterocycles. The van der Waals surface area contributed by atoms with Gasteiger partial charge in [-0.1, -0.05) is 18.2 Å². The highest BCUT2D eigenvalue weighted by molar-refractivity contribution is 14.0. The molecule has 0 spiro atoms. The maximum Gasteiger partial charge on any atom is 0.422 e. The molecule has 0 unspecified atom stereocenters. The third-order valence-electron chi connectivity index (χ3n) is 3.91. The number of ether oxygens (including phenoxy) is 1. The summed E-state index contributed by atoms with van der Waals surface area (Å²) in [6, 6.07) is 9.00. The van der Waals surface area contributed by atoms with Crippen molar-refractivity contribution < 1.29 is 17.9 Å². The summed E-state index contributed by atoms with van der Waals surface area (Å²) in [6.45, 7) is 5.71. The van der Waals surface area contributed by atoms with Gasteiger partial charge in [-0.15, -0.1) is 24.0 Å². The second kappa shape index (κ2) is 11.8. The maximum absolute atomic E-state index is 12.5. The van der Waals surface area contributed by atoms with E-state index in [0.717, 1.165) is 16.8 Å². The average molecular weight is 522 g/mol. The molecule has 0 atom stereocenters. The number of alkyl halides is 3. The summed E-state index contributed by atoms with van der Waals surface area (Å²) in [5, 5.41) is 6.31. The summed E-state index contributed by atoms with van der Waals surface area (Å²) in [6.07, 6.45) is -2.66. The van der Waals surface area contributed by atoms with Crippen LogP contribution < -0.4 is 15.4 Å². The van der Waals surface area contributed by atoms with Gasteiger partial charge in [-0.05, 0) is 44.0 Å². The van der Waals surface area contributed by atoms with Crippen molar-refractivity contribution in [3.05, 3.63) is 58.9 Å². The van der Waals surface area contributed by atoms with Crippen molar-refractivity contribution in [2.45, 2.75) is 40.0 Å². The Morgan fingerprint density at radius 1 is 1.17 bits per heavy atom. The lowest BCUT2D eigenvalue weighted by atomic mass is 10.1. The molecule has 5 nitrogen and oxygen atoms in total. The second-order valence-corrected chi connectivity index (χ2v) is 6.33. The third-order valence-corrected chi connectivity index (χ3v) is 3.91. The van der Waals surface area contributed by atoms with Gasteiger partial charge < -0.3 is 15.4 Å². The number of benzene rings is 1. The number of guanidine groups is 1. The van der Waals surface area contributed by atoms with E-state index in [9.17, 15) is 13.2 Å². The van der Waals surface area contributed by atoms with Crippen molar-refractivity contribution in [1.29, 1.82) is 0 Å². The van der Waals surface area contributed by atoms with E-state index in [-0.39, 0.29) is 36.3 Å². The molecule has 0 amide bonds. The summed E-state index contributed by atoms with van der Waals surface area (Å²) in [4.78, 5) is 8.80. The first-order valence-corrected chi connectivity index (χ1v) is 9.00. The van der Waals surface area contributed by atoms with Crippen LogP contribution in [0.5, 0.6) is 5.75 Å². The van der Waals surface area contributed by atoms with Crippen LogP contribution in [-0.4, -0.2) is 30.3 Å². The Bertz CT molecular complexity index is 813. The monoisotopic (exact) mass is 522 g/mol. The Balaban J connectivity index is 0.00000420. The Morgan fingerprint density at radius 2 is 1.93 bits per heavy atom. The van der Waals surface area contributed by atoms with Crippen molar-refractivity contribution in [3.63, 3.8) is 0 Å². The molecule has 0 bridgehead atoms. The molecule has 0 aliphatic heterocycles. The minimum absolute atomic E-state index is 0. The minimum Gasteiger partial charge on any atom is -0.484 e. The van der Waals surface area contributed by atoms with E-state index < -0.39 is 12.8 Å². The number of nitrogens with zero attached hydrogens (tertiary/aromatic N) is 2. The summed E-state index contributed by atoms with van der Waals surface area (Å²) in [5.41, 5.74) is 3.37. The molecule has 0 fully saturated rings. The largest absolute Gasteiger partial charge is 0.484 e. The molecule has 0 aliphatic carbocycles. The van der Waals surface area contributed by atoms with Gasteiger partial charge in [0.1, 0.15) is 5.75 Å². The zero-order valence-corrected chi connectivity index (χ0v) is 19.0. The summed E-state index contributed by atoms with van der Waals surface area (Å²) >= 11 is 0. The molecular weight excluding hydrogens is 496 g/mol. The van der Waals surface area contributed by atoms with Crippen LogP contribution in [0.25, 0.3) is 0 Å². The van der Waals surface area contributed by atoms with E-state index in [4.69, 9.17) is 4.74 Å². The molecule has 1 aromatic heterocycles. The predicted octanol–water partition coefficient (Wildman–Crippen LogP) is 4.51. The van der Waals surface area contributed by atoms with Crippen molar-refractivity contribution in [2.75, 3.05) is 13.2 Å². The maximum atomic E-state index is 12.5. The fourth-order valence-electron chi connectivity index (χ4n) is 2.46. The van der Waals surface area contributed by atoms with Gasteiger partial charge in [-0.25, -0.2) is 4.99 Å². The first kappa shape index (κ1) is 25.0. The molecule has 0 saturated carbocycles. The third kappa shape index (κ3) is 8.88. The normalized spacial score (nSPS) is 11.6. The quantitative estimate of drug-likeness (QED) is 0.319. The predicted molar refractivity (Wildman–Crippen MR) is 119 cm³/mol. The fourth-order valence-corrected chi connectivity index (χ4v) is 2.46. The minimum atomic E-state index is -4.39. The number of aliphatic imine (C=N–C) groups is 1. The Hall–Kier alpha value is -2.04. The number of hydrogen-bond acceptors (Lipinski definition) is 3. The standard InChI is InChI=1S/C20H25F3N4O.HI/c1-4-24-19(27-12-17-15(3)6-5-9-25-17)26-11-16-8-7-14(2)10-18(16)28-13-20(21,22)23;/h5-10H,4,11-13H2,1-3H3,(H2,24,26,27);1H. The number of halogens is 4.